The molecule has 0 fully saturated rings. The van der Waals surface area contributed by atoms with E-state index in [-0.39, 0.29) is 18.3 Å². The molecular formula is C13H22N2O6. The summed E-state index contributed by atoms with van der Waals surface area (Å²) < 4.78 is 4.84. The van der Waals surface area contributed by atoms with Crippen molar-refractivity contribution in [2.75, 3.05) is 6.54 Å². The predicted octanol–water partition coefficient (Wildman–Crippen LogP) is 0.306. The van der Waals surface area contributed by atoms with E-state index >= 15 is 0 Å². The number of carboxylic acid groups (broad SMARTS) is 1. The van der Waals surface area contributed by atoms with Crippen LogP contribution in [0.4, 0.5) is 4.79 Å². The molecule has 0 aromatic heterocycles. The molecule has 0 aromatic carbocycles. The molecule has 0 spiro atoms. The molecule has 120 valence electrons. The Labute approximate surface area is 123 Å². The van der Waals surface area contributed by atoms with E-state index in [0.29, 0.717) is 0 Å². The Morgan fingerprint density at radius 1 is 1.10 bits per heavy atom. The summed E-state index contributed by atoms with van der Waals surface area (Å²) >= 11 is 0. The highest BCUT2D eigenvalue weighted by Crippen LogP contribution is 2.05. The number of nitrogens with one attached hydrogen (secondary N) is 2. The van der Waals surface area contributed by atoms with Crippen molar-refractivity contribution in [2.45, 2.75) is 46.3 Å². The van der Waals surface area contributed by atoms with Crippen molar-refractivity contribution < 1.29 is 29.0 Å². The first-order chi connectivity index (χ1) is 9.63. The number of aliphatic carboxylic acids is 1. The van der Waals surface area contributed by atoms with Crippen molar-refractivity contribution in [1.29, 1.82) is 0 Å². The van der Waals surface area contributed by atoms with Crippen LogP contribution in [-0.4, -0.2) is 47.6 Å². The van der Waals surface area contributed by atoms with Gasteiger partial charge in [0.2, 0.25) is 5.91 Å². The predicted molar refractivity (Wildman–Crippen MR) is 73.6 cm³/mol. The summed E-state index contributed by atoms with van der Waals surface area (Å²) in [4.78, 5) is 45.0. The maximum absolute atomic E-state index is 11.9. The number of carbonyl (C=O) groups excluding carboxylic acids is 3. The van der Waals surface area contributed by atoms with Gasteiger partial charge in [0.15, 0.2) is 5.78 Å². The standard InChI is InChI=1S/C13H22N2O6/c1-7(2)21-13(20)15-9(4)10(16)5-8(3)12(19)14-6-11(17)18/h7-9H,5-6H2,1-4H3,(H,14,19)(H,15,20)(H,17,18). The molecule has 0 bridgehead atoms. The van der Waals surface area contributed by atoms with E-state index in [1.807, 2.05) is 0 Å². The monoisotopic (exact) mass is 302 g/mol. The summed E-state index contributed by atoms with van der Waals surface area (Å²) in [5.41, 5.74) is 0. The molecule has 8 nitrogen and oxygen atoms in total. The second-order valence-electron chi connectivity index (χ2n) is 5.00. The molecule has 0 saturated heterocycles. The van der Waals surface area contributed by atoms with E-state index in [2.05, 4.69) is 10.6 Å². The number of hydrogen-bond donors (Lipinski definition) is 3. The van der Waals surface area contributed by atoms with Crippen molar-refractivity contribution in [3.8, 4) is 0 Å². The zero-order valence-corrected chi connectivity index (χ0v) is 12.6. The minimum absolute atomic E-state index is 0.103. The van der Waals surface area contributed by atoms with Gasteiger partial charge in [0.05, 0.1) is 12.1 Å². The lowest BCUT2D eigenvalue weighted by atomic mass is 10.0. The third-order valence-corrected chi connectivity index (χ3v) is 2.53. The van der Waals surface area contributed by atoms with Crippen LogP contribution >= 0.6 is 0 Å². The third kappa shape index (κ3) is 8.61. The molecule has 0 saturated carbocycles. The van der Waals surface area contributed by atoms with Crippen molar-refractivity contribution in [3.63, 3.8) is 0 Å². The molecule has 0 aromatic rings. The Morgan fingerprint density at radius 2 is 1.67 bits per heavy atom. The third-order valence-electron chi connectivity index (χ3n) is 2.53. The van der Waals surface area contributed by atoms with Gasteiger partial charge in [-0.2, -0.15) is 0 Å². The second kappa shape index (κ2) is 8.93. The van der Waals surface area contributed by atoms with E-state index in [9.17, 15) is 19.2 Å². The van der Waals surface area contributed by atoms with E-state index in [4.69, 9.17) is 9.84 Å². The van der Waals surface area contributed by atoms with E-state index in [0.717, 1.165) is 0 Å². The molecule has 2 atom stereocenters. The van der Waals surface area contributed by atoms with Crippen LogP contribution in [0.15, 0.2) is 0 Å². The second-order valence-corrected chi connectivity index (χ2v) is 5.00. The summed E-state index contributed by atoms with van der Waals surface area (Å²) in [5.74, 6) is -2.70. The van der Waals surface area contributed by atoms with Crippen LogP contribution in [0.2, 0.25) is 0 Å². The topological polar surface area (TPSA) is 122 Å². The fraction of sp³-hybridized carbons (Fsp3) is 0.692. The maximum atomic E-state index is 11.9. The van der Waals surface area contributed by atoms with Gasteiger partial charge in [-0.15, -0.1) is 0 Å². The molecular weight excluding hydrogens is 280 g/mol. The number of ether oxygens (including phenoxy) is 1. The zero-order valence-electron chi connectivity index (χ0n) is 12.6. The fourth-order valence-corrected chi connectivity index (χ4v) is 1.41. The summed E-state index contributed by atoms with van der Waals surface area (Å²) in [6, 6.07) is -0.786. The molecule has 0 radical (unpaired) electrons. The Hall–Kier alpha value is -2.12. The number of alkyl carbamates (subject to hydrolysis) is 1. The van der Waals surface area contributed by atoms with E-state index < -0.39 is 36.5 Å². The van der Waals surface area contributed by atoms with Gasteiger partial charge in [-0.3, -0.25) is 14.4 Å². The first kappa shape index (κ1) is 18.9. The normalized spacial score (nSPS) is 13.2. The van der Waals surface area contributed by atoms with Crippen molar-refractivity contribution in [2.24, 2.45) is 5.92 Å². The molecule has 0 heterocycles. The smallest absolute Gasteiger partial charge is 0.407 e. The Bertz CT molecular complexity index is 407. The molecule has 21 heavy (non-hydrogen) atoms. The van der Waals surface area contributed by atoms with Gasteiger partial charge in [0, 0.05) is 12.3 Å². The SMILES string of the molecule is CC(C)OC(=O)NC(C)C(=O)CC(C)C(=O)NCC(=O)O. The zero-order chi connectivity index (χ0) is 16.6. The highest BCUT2D eigenvalue weighted by molar-refractivity contribution is 5.91. The molecule has 2 unspecified atom stereocenters. The number of ketones is 1. The summed E-state index contributed by atoms with van der Waals surface area (Å²) in [6.07, 6.45) is -1.10. The molecule has 2 amide bonds. The largest absolute Gasteiger partial charge is 0.480 e. The summed E-state index contributed by atoms with van der Waals surface area (Å²) in [7, 11) is 0. The van der Waals surface area contributed by atoms with Crippen LogP contribution in [-0.2, 0) is 19.1 Å². The van der Waals surface area contributed by atoms with Crippen LogP contribution in [0, 0.1) is 5.92 Å². The summed E-state index contributed by atoms with van der Waals surface area (Å²) in [5, 5.41) is 13.0. The van der Waals surface area contributed by atoms with Crippen LogP contribution in [0.1, 0.15) is 34.1 Å². The van der Waals surface area contributed by atoms with Gasteiger partial charge in [-0.05, 0) is 20.8 Å². The molecule has 0 aliphatic rings. The van der Waals surface area contributed by atoms with Crippen LogP contribution < -0.4 is 10.6 Å². The van der Waals surface area contributed by atoms with Gasteiger partial charge >= 0.3 is 12.1 Å². The van der Waals surface area contributed by atoms with Gasteiger partial charge in [-0.25, -0.2) is 4.79 Å². The molecule has 0 aliphatic heterocycles. The number of hydrogen-bond acceptors (Lipinski definition) is 5. The minimum atomic E-state index is -1.16. The van der Waals surface area contributed by atoms with Gasteiger partial charge in [0.25, 0.3) is 0 Å². The average Bonchev–Trinajstić information content (AvgIpc) is 2.34. The lowest BCUT2D eigenvalue weighted by Gasteiger charge is -2.16. The molecule has 3 N–H and O–H groups in total. The number of carbonyl (C=O) groups is 4. The van der Waals surface area contributed by atoms with Gasteiger partial charge in [-0.1, -0.05) is 6.92 Å². The lowest BCUT2D eigenvalue weighted by molar-refractivity contribution is -0.138. The Morgan fingerprint density at radius 3 is 2.14 bits per heavy atom. The lowest BCUT2D eigenvalue weighted by Crippen LogP contribution is -2.41. The van der Waals surface area contributed by atoms with Crippen molar-refractivity contribution in [1.82, 2.24) is 10.6 Å². The quantitative estimate of drug-likeness (QED) is 0.593. The van der Waals surface area contributed by atoms with Crippen LogP contribution in [0.5, 0.6) is 0 Å². The first-order valence-corrected chi connectivity index (χ1v) is 6.62. The van der Waals surface area contributed by atoms with Crippen LogP contribution in [0.3, 0.4) is 0 Å². The molecule has 0 aliphatic carbocycles. The van der Waals surface area contributed by atoms with Gasteiger partial charge in [0.1, 0.15) is 6.54 Å². The Balaban J connectivity index is 4.24. The molecule has 8 heteroatoms. The maximum Gasteiger partial charge on any atom is 0.407 e. The first-order valence-electron chi connectivity index (χ1n) is 6.62. The molecule has 0 rings (SSSR count). The Kier molecular flexibility index (Phi) is 8.03. The number of Topliss-reactive ketones (excluding diaryl/α,β-unsaturated/α-hetero) is 1. The minimum Gasteiger partial charge on any atom is -0.480 e. The number of rotatable bonds is 8. The van der Waals surface area contributed by atoms with Gasteiger partial charge < -0.3 is 20.5 Å². The fourth-order valence-electron chi connectivity index (χ4n) is 1.41. The highest BCUT2D eigenvalue weighted by Gasteiger charge is 2.22. The number of carboxylic acids is 1. The van der Waals surface area contributed by atoms with Crippen molar-refractivity contribution >= 4 is 23.8 Å². The number of amides is 2. The van der Waals surface area contributed by atoms with E-state index in [1.54, 1.807) is 13.8 Å². The highest BCUT2D eigenvalue weighted by atomic mass is 16.6. The van der Waals surface area contributed by atoms with Crippen LogP contribution in [0.25, 0.3) is 0 Å². The average molecular weight is 302 g/mol. The van der Waals surface area contributed by atoms with Crippen molar-refractivity contribution in [3.05, 3.63) is 0 Å². The van der Waals surface area contributed by atoms with E-state index in [1.165, 1.54) is 13.8 Å². The summed E-state index contributed by atoms with van der Waals surface area (Å²) in [6.45, 7) is 5.87.